The first kappa shape index (κ1) is 16.6. The molecule has 3 nitrogen and oxygen atoms in total. The van der Waals surface area contributed by atoms with Crippen molar-refractivity contribution in [3.63, 3.8) is 0 Å². The lowest BCUT2D eigenvalue weighted by Gasteiger charge is -2.10. The Bertz CT molecular complexity index is 705. The zero-order chi connectivity index (χ0) is 16.3. The van der Waals surface area contributed by atoms with Gasteiger partial charge in [0.15, 0.2) is 0 Å². The van der Waals surface area contributed by atoms with Crippen molar-refractivity contribution in [2.45, 2.75) is 12.7 Å². The van der Waals surface area contributed by atoms with Crippen molar-refractivity contribution in [3.05, 3.63) is 63.4 Å². The van der Waals surface area contributed by atoms with Crippen LogP contribution < -0.4 is 5.32 Å². The van der Waals surface area contributed by atoms with E-state index in [1.165, 1.54) is 6.07 Å². The number of nitrogens with zero attached hydrogens (tertiary/aromatic N) is 1. The molecule has 1 heterocycles. The molecule has 0 aliphatic rings. The first-order valence-electron chi connectivity index (χ1n) is 6.03. The van der Waals surface area contributed by atoms with Gasteiger partial charge in [0.1, 0.15) is 0 Å². The average Bonchev–Trinajstić information content (AvgIpc) is 2.45. The fraction of sp³-hybridized carbons (Fsp3) is 0.143. The molecular weight excluding hydrogens is 340 g/mol. The van der Waals surface area contributed by atoms with Crippen LogP contribution in [0.25, 0.3) is 0 Å². The summed E-state index contributed by atoms with van der Waals surface area (Å²) in [5.74, 6) is -0.469. The third-order valence-corrected chi connectivity index (χ3v) is 3.44. The van der Waals surface area contributed by atoms with Crippen molar-refractivity contribution < 1.29 is 18.0 Å². The number of pyridine rings is 1. The standard InChI is InChI=1S/C14H9Cl2F3N2O/c15-10-4-2-1-3-9(10)13(22)21-7-12-11(16)5-8(6-20-12)14(17,18)19/h1-6H,7H2,(H,21,22). The number of nitrogens with one attached hydrogen (secondary N) is 1. The predicted molar refractivity (Wildman–Crippen MR) is 76.9 cm³/mol. The second-order valence-electron chi connectivity index (χ2n) is 4.31. The van der Waals surface area contributed by atoms with Crippen LogP contribution in [0.15, 0.2) is 36.5 Å². The summed E-state index contributed by atoms with van der Waals surface area (Å²) in [5, 5.41) is 2.60. The van der Waals surface area contributed by atoms with Crippen LogP contribution in [0, 0.1) is 0 Å². The van der Waals surface area contributed by atoms with Gasteiger partial charge in [-0.3, -0.25) is 9.78 Å². The van der Waals surface area contributed by atoms with Gasteiger partial charge in [-0.05, 0) is 18.2 Å². The van der Waals surface area contributed by atoms with Crippen molar-refractivity contribution in [2.75, 3.05) is 0 Å². The molecule has 0 saturated heterocycles. The molecule has 0 radical (unpaired) electrons. The lowest BCUT2D eigenvalue weighted by atomic mass is 10.2. The largest absolute Gasteiger partial charge is 0.417 e. The van der Waals surface area contributed by atoms with Crippen molar-refractivity contribution >= 4 is 29.1 Å². The normalized spacial score (nSPS) is 11.3. The van der Waals surface area contributed by atoms with Crippen LogP contribution in [0.5, 0.6) is 0 Å². The molecule has 0 bridgehead atoms. The van der Waals surface area contributed by atoms with Gasteiger partial charge >= 0.3 is 6.18 Å². The Kier molecular flexibility index (Phi) is 4.93. The highest BCUT2D eigenvalue weighted by Crippen LogP contribution is 2.31. The summed E-state index contributed by atoms with van der Waals surface area (Å²) in [7, 11) is 0. The number of aromatic nitrogens is 1. The number of amides is 1. The number of alkyl halides is 3. The van der Waals surface area contributed by atoms with E-state index in [1.807, 2.05) is 0 Å². The number of carbonyl (C=O) groups is 1. The van der Waals surface area contributed by atoms with Gasteiger partial charge in [-0.15, -0.1) is 0 Å². The van der Waals surface area contributed by atoms with Gasteiger partial charge in [0.25, 0.3) is 5.91 Å². The van der Waals surface area contributed by atoms with Gasteiger partial charge in [-0.25, -0.2) is 0 Å². The first-order valence-corrected chi connectivity index (χ1v) is 6.79. The highest BCUT2D eigenvalue weighted by Gasteiger charge is 2.31. The third-order valence-electron chi connectivity index (χ3n) is 2.78. The molecular formula is C14H9Cl2F3N2O. The molecule has 0 atom stereocenters. The smallest absolute Gasteiger partial charge is 0.346 e. The van der Waals surface area contributed by atoms with Crippen LogP contribution in [-0.4, -0.2) is 10.9 Å². The van der Waals surface area contributed by atoms with Crippen LogP contribution >= 0.6 is 23.2 Å². The van der Waals surface area contributed by atoms with Gasteiger partial charge in [-0.2, -0.15) is 13.2 Å². The second-order valence-corrected chi connectivity index (χ2v) is 5.13. The molecule has 1 aromatic heterocycles. The van der Waals surface area contributed by atoms with Crippen LogP contribution in [0.1, 0.15) is 21.6 Å². The lowest BCUT2D eigenvalue weighted by molar-refractivity contribution is -0.137. The number of rotatable bonds is 3. The Labute approximate surface area is 134 Å². The molecule has 0 fully saturated rings. The molecule has 22 heavy (non-hydrogen) atoms. The van der Waals surface area contributed by atoms with E-state index in [9.17, 15) is 18.0 Å². The van der Waals surface area contributed by atoms with E-state index in [0.29, 0.717) is 6.20 Å². The molecule has 0 aliphatic carbocycles. The fourth-order valence-electron chi connectivity index (χ4n) is 1.66. The number of benzene rings is 1. The molecule has 0 aliphatic heterocycles. The van der Waals surface area contributed by atoms with Gasteiger partial charge in [0, 0.05) is 6.20 Å². The summed E-state index contributed by atoms with van der Waals surface area (Å²) in [6, 6.07) is 7.17. The summed E-state index contributed by atoms with van der Waals surface area (Å²) >= 11 is 11.6. The molecule has 2 rings (SSSR count). The predicted octanol–water partition coefficient (Wildman–Crippen LogP) is 4.34. The lowest BCUT2D eigenvalue weighted by Crippen LogP contribution is -2.24. The third kappa shape index (κ3) is 3.90. The quantitative estimate of drug-likeness (QED) is 0.896. The number of carbonyl (C=O) groups excluding carboxylic acids is 1. The first-order chi connectivity index (χ1) is 10.3. The Morgan fingerprint density at radius 3 is 2.45 bits per heavy atom. The van der Waals surface area contributed by atoms with E-state index in [-0.39, 0.29) is 27.8 Å². The highest BCUT2D eigenvalue weighted by atomic mass is 35.5. The van der Waals surface area contributed by atoms with Crippen molar-refractivity contribution in [1.82, 2.24) is 10.3 Å². The minimum atomic E-state index is -4.52. The molecule has 0 spiro atoms. The monoisotopic (exact) mass is 348 g/mol. The van der Waals surface area contributed by atoms with Crippen molar-refractivity contribution in [3.8, 4) is 0 Å². The summed E-state index contributed by atoms with van der Waals surface area (Å²) in [5.41, 5.74) is -0.555. The van der Waals surface area contributed by atoms with Crippen LogP contribution in [0.4, 0.5) is 13.2 Å². The topological polar surface area (TPSA) is 42.0 Å². The molecule has 1 N–H and O–H groups in total. The minimum absolute atomic E-state index is 0.110. The van der Waals surface area contributed by atoms with E-state index in [4.69, 9.17) is 23.2 Å². The van der Waals surface area contributed by atoms with E-state index >= 15 is 0 Å². The number of halogens is 5. The van der Waals surface area contributed by atoms with Crippen LogP contribution in [0.3, 0.4) is 0 Å². The number of hydrogen-bond acceptors (Lipinski definition) is 2. The number of hydrogen-bond donors (Lipinski definition) is 1. The highest BCUT2D eigenvalue weighted by molar-refractivity contribution is 6.33. The van der Waals surface area contributed by atoms with E-state index in [2.05, 4.69) is 10.3 Å². The van der Waals surface area contributed by atoms with E-state index in [1.54, 1.807) is 18.2 Å². The van der Waals surface area contributed by atoms with E-state index < -0.39 is 17.6 Å². The van der Waals surface area contributed by atoms with Gasteiger partial charge in [0.05, 0.1) is 33.4 Å². The molecule has 116 valence electrons. The van der Waals surface area contributed by atoms with Crippen molar-refractivity contribution in [2.24, 2.45) is 0 Å². The maximum atomic E-state index is 12.5. The minimum Gasteiger partial charge on any atom is -0.346 e. The maximum absolute atomic E-state index is 12.5. The maximum Gasteiger partial charge on any atom is 0.417 e. The van der Waals surface area contributed by atoms with E-state index in [0.717, 1.165) is 6.07 Å². The average molecular weight is 349 g/mol. The molecule has 2 aromatic rings. The van der Waals surface area contributed by atoms with Crippen LogP contribution in [-0.2, 0) is 12.7 Å². The fourth-order valence-corrected chi connectivity index (χ4v) is 2.11. The summed E-state index contributed by atoms with van der Waals surface area (Å²) in [6.45, 7) is -0.110. The summed E-state index contributed by atoms with van der Waals surface area (Å²) in [6.07, 6.45) is -3.85. The Balaban J connectivity index is 2.09. The Morgan fingerprint density at radius 2 is 1.86 bits per heavy atom. The van der Waals surface area contributed by atoms with Gasteiger partial charge in [0.2, 0.25) is 0 Å². The summed E-state index contributed by atoms with van der Waals surface area (Å²) < 4.78 is 37.5. The molecule has 1 aromatic carbocycles. The van der Waals surface area contributed by atoms with Gasteiger partial charge < -0.3 is 5.32 Å². The molecule has 0 unspecified atom stereocenters. The Morgan fingerprint density at radius 1 is 1.18 bits per heavy atom. The van der Waals surface area contributed by atoms with Crippen LogP contribution in [0.2, 0.25) is 10.0 Å². The SMILES string of the molecule is O=C(NCc1ncc(C(F)(F)F)cc1Cl)c1ccccc1Cl. The van der Waals surface area contributed by atoms with Gasteiger partial charge in [-0.1, -0.05) is 35.3 Å². The summed E-state index contributed by atoms with van der Waals surface area (Å²) in [4.78, 5) is 15.6. The molecule has 1 amide bonds. The zero-order valence-electron chi connectivity index (χ0n) is 10.9. The zero-order valence-corrected chi connectivity index (χ0v) is 12.4. The molecule has 8 heteroatoms. The Hall–Kier alpha value is -1.79. The van der Waals surface area contributed by atoms with Crippen molar-refractivity contribution in [1.29, 1.82) is 0 Å². The second kappa shape index (κ2) is 6.54. The molecule has 0 saturated carbocycles.